The van der Waals surface area contributed by atoms with E-state index in [1.807, 2.05) is 6.92 Å². The van der Waals surface area contributed by atoms with Gasteiger partial charge >= 0.3 is 6.09 Å². The first-order valence-corrected chi connectivity index (χ1v) is 16.8. The van der Waals surface area contributed by atoms with Gasteiger partial charge in [0.25, 0.3) is 5.91 Å². The summed E-state index contributed by atoms with van der Waals surface area (Å²) in [5.74, 6) is -3.32. The molecule has 1 spiro atoms. The van der Waals surface area contributed by atoms with Gasteiger partial charge in [0, 0.05) is 35.9 Å². The Morgan fingerprint density at radius 2 is 1.90 bits per heavy atom. The maximum absolute atomic E-state index is 14.4. The molecular weight excluding hydrogens is 649 g/mol. The minimum absolute atomic E-state index is 0.0251. The topological polar surface area (TPSA) is 165 Å². The summed E-state index contributed by atoms with van der Waals surface area (Å²) in [4.78, 5) is 74.4. The number of halogens is 2. The number of ether oxygens (including phenoxy) is 2. The summed E-state index contributed by atoms with van der Waals surface area (Å²) < 4.78 is 25.0. The summed E-state index contributed by atoms with van der Waals surface area (Å²) in [6, 6.07) is 0.536. The number of hydrogen-bond donors (Lipinski definition) is 3. The molecule has 4 aliphatic rings. The van der Waals surface area contributed by atoms with E-state index in [0.717, 1.165) is 18.9 Å². The van der Waals surface area contributed by atoms with Crippen molar-refractivity contribution in [2.75, 3.05) is 19.8 Å². The van der Waals surface area contributed by atoms with Crippen LogP contribution in [0.4, 0.5) is 9.18 Å². The Morgan fingerprint density at radius 3 is 2.52 bits per heavy atom. The Hall–Kier alpha value is -3.78. The second-order valence-electron chi connectivity index (χ2n) is 14.1. The molecule has 262 valence electrons. The second kappa shape index (κ2) is 14.4. The van der Waals surface area contributed by atoms with Crippen LogP contribution in [-0.4, -0.2) is 95.8 Å². The molecule has 3 N–H and O–H groups in total. The lowest BCUT2D eigenvalue weighted by atomic mass is 9.85. The average molecular weight is 692 g/mol. The largest absolute Gasteiger partial charge is 0.444 e. The Morgan fingerprint density at radius 1 is 1.15 bits per heavy atom. The van der Waals surface area contributed by atoms with Crippen molar-refractivity contribution in [1.29, 1.82) is 0 Å². The molecule has 1 aromatic carbocycles. The van der Waals surface area contributed by atoms with Crippen LogP contribution in [-0.2, 0) is 33.5 Å². The van der Waals surface area contributed by atoms with Crippen LogP contribution in [0.25, 0.3) is 0 Å². The van der Waals surface area contributed by atoms with Gasteiger partial charge in [-0.2, -0.15) is 0 Å². The molecule has 0 unspecified atom stereocenters. The highest BCUT2D eigenvalue weighted by molar-refractivity contribution is 6.38. The number of nitrogens with zero attached hydrogens (tertiary/aromatic N) is 2. The third kappa shape index (κ3) is 8.43. The van der Waals surface area contributed by atoms with Gasteiger partial charge in [0.05, 0.1) is 31.5 Å². The number of alkyl carbamates (subject to hydrolysis) is 1. The van der Waals surface area contributed by atoms with Crippen LogP contribution in [0.1, 0.15) is 78.2 Å². The second-order valence-corrected chi connectivity index (χ2v) is 14.6. The van der Waals surface area contributed by atoms with Crippen LogP contribution < -0.4 is 16.0 Å². The molecule has 1 saturated carbocycles. The van der Waals surface area contributed by atoms with Crippen molar-refractivity contribution in [3.05, 3.63) is 34.6 Å². The fourth-order valence-electron chi connectivity index (χ4n) is 6.20. The van der Waals surface area contributed by atoms with Crippen LogP contribution in [0.5, 0.6) is 0 Å². The number of rotatable bonds is 11. The van der Waals surface area contributed by atoms with Gasteiger partial charge in [-0.3, -0.25) is 19.2 Å². The number of ketones is 1. The first-order valence-electron chi connectivity index (χ1n) is 16.4. The molecular formula is C33H43ClFN5O8. The van der Waals surface area contributed by atoms with E-state index in [-0.39, 0.29) is 43.5 Å². The normalized spacial score (nSPS) is 24.8. The molecule has 5 rings (SSSR count). The highest BCUT2D eigenvalue weighted by Gasteiger charge is 2.56. The molecule has 13 nitrogen and oxygen atoms in total. The van der Waals surface area contributed by atoms with Gasteiger partial charge in [-0.05, 0) is 42.9 Å². The number of likely N-dealkylation sites (tertiary alicyclic amines) is 1. The number of Topliss-reactive ketones (excluding diaryl/α,β-unsaturated/α-hetero) is 1. The number of benzene rings is 1. The lowest BCUT2D eigenvalue weighted by molar-refractivity contribution is -0.144. The van der Waals surface area contributed by atoms with E-state index in [1.165, 1.54) is 11.0 Å². The number of carbonyl (C=O) groups excluding carboxylic acids is 5. The van der Waals surface area contributed by atoms with E-state index < -0.39 is 70.7 Å². The van der Waals surface area contributed by atoms with Crippen molar-refractivity contribution in [3.8, 4) is 0 Å². The van der Waals surface area contributed by atoms with Crippen LogP contribution in [0.15, 0.2) is 23.4 Å². The third-order valence-electron chi connectivity index (χ3n) is 8.90. The van der Waals surface area contributed by atoms with Gasteiger partial charge in [0.1, 0.15) is 24.0 Å². The smallest absolute Gasteiger partial charge is 0.408 e. The number of hydrogen-bond acceptors (Lipinski definition) is 9. The average Bonchev–Trinajstić information content (AvgIpc) is 3.37. The highest BCUT2D eigenvalue weighted by atomic mass is 35.5. The van der Waals surface area contributed by atoms with E-state index in [4.69, 9.17) is 25.9 Å². The Bertz CT molecular complexity index is 1450. The number of amides is 4. The standard InChI is InChI=1S/C33H43ClFN5O8/c1-5-6-23(26(41)29(43)36-21-7-8-21)37-28(42)25-15-33(14-24(39-48-33)18-11-19(34)13-20(35)12-18)17-40(25)30(44)27(32(2,3)4)38-31(45)47-22-9-10-46-16-22/h11-13,21-23,25,27H,5-10,14-17H2,1-4H3,(H,36,43)(H,37,42)(H,38,45)/t22-,23-,25-,27+,33-/m0/s1. The highest BCUT2D eigenvalue weighted by Crippen LogP contribution is 2.40. The van der Waals surface area contributed by atoms with Gasteiger partial charge in [-0.25, -0.2) is 9.18 Å². The molecule has 3 aliphatic heterocycles. The molecule has 0 aromatic heterocycles. The monoisotopic (exact) mass is 691 g/mol. The third-order valence-corrected chi connectivity index (χ3v) is 9.12. The molecule has 1 aliphatic carbocycles. The summed E-state index contributed by atoms with van der Waals surface area (Å²) in [5, 5.41) is 12.4. The lowest BCUT2D eigenvalue weighted by Gasteiger charge is -2.35. The van der Waals surface area contributed by atoms with Crippen LogP contribution >= 0.6 is 11.6 Å². The summed E-state index contributed by atoms with van der Waals surface area (Å²) in [6.07, 6.45) is 1.69. The van der Waals surface area contributed by atoms with Gasteiger partial charge in [0.2, 0.25) is 17.6 Å². The first kappa shape index (κ1) is 35.5. The minimum Gasteiger partial charge on any atom is -0.444 e. The summed E-state index contributed by atoms with van der Waals surface area (Å²) >= 11 is 6.09. The van der Waals surface area contributed by atoms with Crippen LogP contribution in [0, 0.1) is 11.2 Å². The number of oxime groups is 1. The number of carbonyl (C=O) groups is 5. The summed E-state index contributed by atoms with van der Waals surface area (Å²) in [5.41, 5.74) is -1.22. The molecule has 0 bridgehead atoms. The maximum atomic E-state index is 14.4. The van der Waals surface area contributed by atoms with Crippen molar-refractivity contribution >= 4 is 46.9 Å². The van der Waals surface area contributed by atoms with Gasteiger partial charge in [-0.15, -0.1) is 0 Å². The molecule has 5 atom stereocenters. The minimum atomic E-state index is -1.18. The van der Waals surface area contributed by atoms with E-state index in [1.54, 1.807) is 26.8 Å². The zero-order valence-electron chi connectivity index (χ0n) is 27.6. The van der Waals surface area contributed by atoms with Crippen molar-refractivity contribution < 1.29 is 42.7 Å². The Labute approximate surface area is 283 Å². The molecule has 1 aromatic rings. The maximum Gasteiger partial charge on any atom is 0.408 e. The van der Waals surface area contributed by atoms with Gasteiger partial charge in [-0.1, -0.05) is 50.9 Å². The van der Waals surface area contributed by atoms with Gasteiger partial charge < -0.3 is 35.2 Å². The van der Waals surface area contributed by atoms with Crippen LogP contribution in [0.2, 0.25) is 5.02 Å². The van der Waals surface area contributed by atoms with Crippen LogP contribution in [0.3, 0.4) is 0 Å². The van der Waals surface area contributed by atoms with E-state index in [2.05, 4.69) is 21.1 Å². The van der Waals surface area contributed by atoms with E-state index in [0.29, 0.717) is 30.7 Å². The summed E-state index contributed by atoms with van der Waals surface area (Å²) in [6.45, 7) is 7.74. The first-order chi connectivity index (χ1) is 22.7. The van der Waals surface area contributed by atoms with E-state index >= 15 is 0 Å². The fraction of sp³-hybridized carbons (Fsp3) is 0.636. The molecule has 0 radical (unpaired) electrons. The van der Waals surface area contributed by atoms with Crippen molar-refractivity contribution in [3.63, 3.8) is 0 Å². The predicted molar refractivity (Wildman–Crippen MR) is 172 cm³/mol. The SMILES string of the molecule is CCC[C@H](NC(=O)[C@@H]1C[C@@]2(CC(c3cc(F)cc(Cl)c3)=NO2)CN1C(=O)[C@@H](NC(=O)O[C@H]1CCOC1)C(C)(C)C)C(=O)C(=O)NC1CC1. The van der Waals surface area contributed by atoms with Gasteiger partial charge in [0.15, 0.2) is 5.60 Å². The zero-order valence-corrected chi connectivity index (χ0v) is 28.4. The lowest BCUT2D eigenvalue weighted by Crippen LogP contribution is -2.59. The van der Waals surface area contributed by atoms with Crippen molar-refractivity contribution in [1.82, 2.24) is 20.9 Å². The molecule has 15 heteroatoms. The Balaban J connectivity index is 1.39. The fourth-order valence-corrected chi connectivity index (χ4v) is 6.42. The Kier molecular flexibility index (Phi) is 10.6. The quantitative estimate of drug-likeness (QED) is 0.298. The molecule has 3 fully saturated rings. The van der Waals surface area contributed by atoms with Crippen molar-refractivity contribution in [2.24, 2.45) is 10.6 Å². The predicted octanol–water partition coefficient (Wildman–Crippen LogP) is 3.01. The molecule has 4 amide bonds. The number of nitrogens with one attached hydrogen (secondary N) is 3. The molecule has 3 heterocycles. The molecule has 2 saturated heterocycles. The van der Waals surface area contributed by atoms with Crippen molar-refractivity contribution in [2.45, 2.75) is 109 Å². The van der Waals surface area contributed by atoms with E-state index in [9.17, 15) is 28.4 Å². The summed E-state index contributed by atoms with van der Waals surface area (Å²) in [7, 11) is 0. The molecule has 48 heavy (non-hydrogen) atoms. The zero-order chi connectivity index (χ0) is 34.8.